The Balaban J connectivity index is 2.91. The minimum atomic E-state index is -4.36. The summed E-state index contributed by atoms with van der Waals surface area (Å²) >= 11 is 0. The molecule has 0 unspecified atom stereocenters. The first-order chi connectivity index (χ1) is 10.2. The second-order valence-electron chi connectivity index (χ2n) is 5.08. The maximum Gasteiger partial charge on any atom is 0.422 e. The van der Waals surface area contributed by atoms with Crippen LogP contribution in [0.3, 0.4) is 0 Å². The first-order valence-corrected chi connectivity index (χ1v) is 6.97. The van der Waals surface area contributed by atoms with Gasteiger partial charge in [0.25, 0.3) is 0 Å². The van der Waals surface area contributed by atoms with E-state index in [0.29, 0.717) is 18.1 Å². The molecule has 0 aliphatic heterocycles. The van der Waals surface area contributed by atoms with E-state index < -0.39 is 12.8 Å². The zero-order chi connectivity index (χ0) is 16.8. The molecular weight excluding hydrogens is 295 g/mol. The Bertz CT molecular complexity index is 513. The van der Waals surface area contributed by atoms with Gasteiger partial charge >= 0.3 is 6.18 Å². The number of ether oxygens (including phenoxy) is 1. The monoisotopic (exact) mass is 317 g/mol. The maximum absolute atomic E-state index is 12.3. The van der Waals surface area contributed by atoms with Crippen LogP contribution >= 0.6 is 0 Å². The molecule has 0 aliphatic carbocycles. The lowest BCUT2D eigenvalue weighted by Crippen LogP contribution is -2.36. The zero-order valence-corrected chi connectivity index (χ0v) is 13.3. The molecule has 0 fully saturated rings. The molecule has 1 aromatic carbocycles. The van der Waals surface area contributed by atoms with E-state index in [-0.39, 0.29) is 12.3 Å². The summed E-state index contributed by atoms with van der Waals surface area (Å²) < 4.78 is 41.9. The van der Waals surface area contributed by atoms with Gasteiger partial charge in [0.15, 0.2) is 12.6 Å². The molecule has 124 valence electrons. The number of alkyl halides is 3. The second-order valence-corrected chi connectivity index (χ2v) is 5.08. The summed E-state index contributed by atoms with van der Waals surface area (Å²) in [6, 6.07) is 5.16. The number of nitrogens with zero attached hydrogens (tertiary/aromatic N) is 2. The average molecular weight is 317 g/mol. The van der Waals surface area contributed by atoms with Gasteiger partial charge in [-0.15, -0.1) is 0 Å². The van der Waals surface area contributed by atoms with Crippen molar-refractivity contribution >= 4 is 5.96 Å². The molecule has 4 nitrogen and oxygen atoms in total. The molecule has 1 aromatic rings. The van der Waals surface area contributed by atoms with E-state index in [2.05, 4.69) is 10.3 Å². The fourth-order valence-electron chi connectivity index (χ4n) is 1.76. The van der Waals surface area contributed by atoms with E-state index in [0.717, 1.165) is 5.56 Å². The third-order valence-electron chi connectivity index (χ3n) is 2.77. The van der Waals surface area contributed by atoms with Crippen molar-refractivity contribution < 1.29 is 17.9 Å². The molecule has 0 spiro atoms. The summed E-state index contributed by atoms with van der Waals surface area (Å²) in [5, 5.41) is 3.09. The van der Waals surface area contributed by atoms with Crippen molar-refractivity contribution in [1.82, 2.24) is 10.2 Å². The number of rotatable bonds is 5. The van der Waals surface area contributed by atoms with Crippen LogP contribution in [0, 0.1) is 6.92 Å². The van der Waals surface area contributed by atoms with Crippen LogP contribution in [-0.2, 0) is 6.54 Å². The first kappa shape index (κ1) is 18.1. The van der Waals surface area contributed by atoms with Crippen molar-refractivity contribution in [3.05, 3.63) is 29.3 Å². The highest BCUT2D eigenvalue weighted by Crippen LogP contribution is 2.24. The SMILES string of the molecule is CCNC(=NCc1ccc(C)cc1OCC(F)(F)F)N(C)C. The summed E-state index contributed by atoms with van der Waals surface area (Å²) in [6.45, 7) is 3.40. The molecule has 0 bridgehead atoms. The van der Waals surface area contributed by atoms with Gasteiger partial charge in [0.1, 0.15) is 5.75 Å². The molecular formula is C15H22F3N3O. The van der Waals surface area contributed by atoms with Crippen LogP contribution in [0.15, 0.2) is 23.2 Å². The van der Waals surface area contributed by atoms with Gasteiger partial charge in [-0.3, -0.25) is 0 Å². The highest BCUT2D eigenvalue weighted by Gasteiger charge is 2.28. The van der Waals surface area contributed by atoms with Crippen molar-refractivity contribution in [3.8, 4) is 5.75 Å². The van der Waals surface area contributed by atoms with Crippen molar-refractivity contribution in [1.29, 1.82) is 0 Å². The Labute approximate surface area is 129 Å². The van der Waals surface area contributed by atoms with Gasteiger partial charge in [-0.1, -0.05) is 12.1 Å². The number of hydrogen-bond donors (Lipinski definition) is 1. The van der Waals surface area contributed by atoms with Crippen LogP contribution in [0.1, 0.15) is 18.1 Å². The van der Waals surface area contributed by atoms with Crippen LogP contribution in [0.25, 0.3) is 0 Å². The number of hydrogen-bond acceptors (Lipinski definition) is 2. The molecule has 0 heterocycles. The van der Waals surface area contributed by atoms with Gasteiger partial charge in [-0.05, 0) is 25.5 Å². The van der Waals surface area contributed by atoms with E-state index in [1.54, 1.807) is 19.1 Å². The van der Waals surface area contributed by atoms with Crippen molar-refractivity contribution in [2.45, 2.75) is 26.6 Å². The summed E-state index contributed by atoms with van der Waals surface area (Å²) in [5.74, 6) is 0.889. The molecule has 1 N–H and O–H groups in total. The normalized spacial score (nSPS) is 12.2. The fourth-order valence-corrected chi connectivity index (χ4v) is 1.76. The molecule has 0 aromatic heterocycles. The van der Waals surface area contributed by atoms with Gasteiger partial charge in [-0.25, -0.2) is 4.99 Å². The number of benzene rings is 1. The van der Waals surface area contributed by atoms with Crippen molar-refractivity contribution in [2.75, 3.05) is 27.2 Å². The number of halogens is 3. The lowest BCUT2D eigenvalue weighted by molar-refractivity contribution is -0.153. The molecule has 22 heavy (non-hydrogen) atoms. The van der Waals surface area contributed by atoms with Crippen molar-refractivity contribution in [3.63, 3.8) is 0 Å². The third-order valence-corrected chi connectivity index (χ3v) is 2.77. The van der Waals surface area contributed by atoms with Gasteiger partial charge in [-0.2, -0.15) is 13.2 Å². The standard InChI is InChI=1S/C15H22F3N3O/c1-5-19-14(21(3)4)20-9-12-7-6-11(2)8-13(12)22-10-15(16,17)18/h6-8H,5,9-10H2,1-4H3,(H,19,20). The minimum Gasteiger partial charge on any atom is -0.484 e. The van der Waals surface area contributed by atoms with Crippen LogP contribution in [0.4, 0.5) is 13.2 Å². The summed E-state index contributed by atoms with van der Waals surface area (Å²) in [6.07, 6.45) is -4.36. The van der Waals surface area contributed by atoms with Crippen LogP contribution in [-0.4, -0.2) is 44.3 Å². The first-order valence-electron chi connectivity index (χ1n) is 6.97. The largest absolute Gasteiger partial charge is 0.484 e. The van der Waals surface area contributed by atoms with E-state index in [1.807, 2.05) is 32.0 Å². The van der Waals surface area contributed by atoms with Crippen LogP contribution in [0.2, 0.25) is 0 Å². The Morgan fingerprint density at radius 3 is 2.55 bits per heavy atom. The summed E-state index contributed by atoms with van der Waals surface area (Å²) in [7, 11) is 3.69. The predicted octanol–water partition coefficient (Wildman–Crippen LogP) is 2.96. The van der Waals surface area contributed by atoms with E-state index in [1.165, 1.54) is 0 Å². The summed E-state index contributed by atoms with van der Waals surface area (Å²) in [5.41, 5.74) is 1.46. The number of aryl methyl sites for hydroxylation is 1. The molecule has 0 aliphatic rings. The van der Waals surface area contributed by atoms with Crippen molar-refractivity contribution in [2.24, 2.45) is 4.99 Å². The molecule has 0 atom stereocenters. The van der Waals surface area contributed by atoms with E-state index in [4.69, 9.17) is 4.74 Å². The fraction of sp³-hybridized carbons (Fsp3) is 0.533. The predicted molar refractivity (Wildman–Crippen MR) is 81.2 cm³/mol. The lowest BCUT2D eigenvalue weighted by Gasteiger charge is -2.17. The second kappa shape index (κ2) is 7.91. The molecule has 1 rings (SSSR count). The highest BCUT2D eigenvalue weighted by molar-refractivity contribution is 5.79. The highest BCUT2D eigenvalue weighted by atomic mass is 19.4. The Morgan fingerprint density at radius 2 is 2.00 bits per heavy atom. The van der Waals surface area contributed by atoms with Gasteiger partial charge in [0.05, 0.1) is 6.54 Å². The Morgan fingerprint density at radius 1 is 1.32 bits per heavy atom. The van der Waals surface area contributed by atoms with E-state index >= 15 is 0 Å². The molecule has 7 heteroatoms. The number of guanidine groups is 1. The topological polar surface area (TPSA) is 36.9 Å². The van der Waals surface area contributed by atoms with Crippen LogP contribution in [0.5, 0.6) is 5.75 Å². The molecule has 0 saturated carbocycles. The summed E-state index contributed by atoms with van der Waals surface area (Å²) in [4.78, 5) is 6.20. The van der Waals surface area contributed by atoms with E-state index in [9.17, 15) is 13.2 Å². The third kappa shape index (κ3) is 6.24. The maximum atomic E-state index is 12.3. The molecule has 0 saturated heterocycles. The zero-order valence-electron chi connectivity index (χ0n) is 13.3. The average Bonchev–Trinajstić information content (AvgIpc) is 2.41. The minimum absolute atomic E-state index is 0.218. The lowest BCUT2D eigenvalue weighted by atomic mass is 10.1. The van der Waals surface area contributed by atoms with Gasteiger partial charge < -0.3 is 15.0 Å². The quantitative estimate of drug-likeness (QED) is 0.670. The van der Waals surface area contributed by atoms with Gasteiger partial charge in [0.2, 0.25) is 0 Å². The molecule has 0 amide bonds. The Kier molecular flexibility index (Phi) is 6.52. The van der Waals surface area contributed by atoms with Crippen LogP contribution < -0.4 is 10.1 Å². The van der Waals surface area contributed by atoms with Gasteiger partial charge in [0, 0.05) is 26.2 Å². The smallest absolute Gasteiger partial charge is 0.422 e. The molecule has 0 radical (unpaired) electrons. The number of aliphatic imine (C=N–C) groups is 1. The number of nitrogens with one attached hydrogen (secondary N) is 1. The Hall–Kier alpha value is -1.92.